The molecular formula is C19H15FN4O. The van der Waals surface area contributed by atoms with Crippen LogP contribution in [-0.2, 0) is 12.8 Å². The second-order valence-corrected chi connectivity index (χ2v) is 5.89. The summed E-state index contributed by atoms with van der Waals surface area (Å²) in [6.07, 6.45) is 4.32. The van der Waals surface area contributed by atoms with Crippen LogP contribution in [0.4, 0.5) is 4.39 Å². The van der Waals surface area contributed by atoms with Gasteiger partial charge in [0.2, 0.25) is 0 Å². The number of carbonyl (C=O) groups excluding carboxylic acids is 1. The van der Waals surface area contributed by atoms with Crippen molar-refractivity contribution in [2.75, 3.05) is 6.54 Å². The molecule has 0 saturated carbocycles. The van der Waals surface area contributed by atoms with Crippen molar-refractivity contribution < 1.29 is 9.18 Å². The zero-order valence-electron chi connectivity index (χ0n) is 13.4. The van der Waals surface area contributed by atoms with Gasteiger partial charge in [-0.3, -0.25) is 9.78 Å². The summed E-state index contributed by atoms with van der Waals surface area (Å²) in [6, 6.07) is 10.0. The Hall–Kier alpha value is -3.15. The first-order chi connectivity index (χ1) is 12.2. The summed E-state index contributed by atoms with van der Waals surface area (Å²) in [5, 5.41) is 2.83. The number of nitrogens with zero attached hydrogens (tertiary/aromatic N) is 3. The summed E-state index contributed by atoms with van der Waals surface area (Å²) in [5.41, 5.74) is 4.54. The van der Waals surface area contributed by atoms with E-state index in [0.717, 1.165) is 16.8 Å². The lowest BCUT2D eigenvalue weighted by Crippen LogP contribution is -2.32. The van der Waals surface area contributed by atoms with E-state index in [4.69, 9.17) is 0 Å². The molecule has 1 amide bonds. The Kier molecular flexibility index (Phi) is 3.93. The number of amides is 1. The Bertz CT molecular complexity index is 958. The molecular weight excluding hydrogens is 319 g/mol. The van der Waals surface area contributed by atoms with E-state index in [1.807, 2.05) is 12.1 Å². The molecule has 3 aromatic rings. The number of benzene rings is 1. The zero-order chi connectivity index (χ0) is 17.2. The molecule has 124 valence electrons. The molecule has 1 aromatic carbocycles. The van der Waals surface area contributed by atoms with Crippen molar-refractivity contribution in [1.29, 1.82) is 0 Å². The van der Waals surface area contributed by atoms with Crippen LogP contribution in [0.15, 0.2) is 48.9 Å². The molecule has 6 heteroatoms. The predicted octanol–water partition coefficient (Wildman–Crippen LogP) is 2.55. The lowest BCUT2D eigenvalue weighted by molar-refractivity contribution is 0.0946. The molecule has 1 N–H and O–H groups in total. The van der Waals surface area contributed by atoms with Crippen LogP contribution in [0.2, 0.25) is 0 Å². The Morgan fingerprint density at radius 2 is 2.04 bits per heavy atom. The molecule has 0 bridgehead atoms. The van der Waals surface area contributed by atoms with Gasteiger partial charge in [-0.05, 0) is 41.8 Å². The maximum atomic E-state index is 13.4. The average molecular weight is 334 g/mol. The lowest BCUT2D eigenvalue weighted by atomic mass is 9.97. The standard InChI is InChI=1S/C19H15FN4O/c20-13-3-1-2-12(8-13)9-14-10-17(24-11-23-14)18-15-4-7-22-19(25)16(15)5-6-21-18/h1-3,5-6,8,10-11H,4,7,9H2,(H,22,25). The summed E-state index contributed by atoms with van der Waals surface area (Å²) in [7, 11) is 0. The summed E-state index contributed by atoms with van der Waals surface area (Å²) < 4.78 is 13.4. The van der Waals surface area contributed by atoms with Gasteiger partial charge in [-0.2, -0.15) is 0 Å². The van der Waals surface area contributed by atoms with Gasteiger partial charge in [-0.25, -0.2) is 14.4 Å². The molecule has 0 radical (unpaired) electrons. The van der Waals surface area contributed by atoms with Crippen LogP contribution in [0, 0.1) is 5.82 Å². The highest BCUT2D eigenvalue weighted by molar-refractivity contribution is 5.98. The number of nitrogens with one attached hydrogen (secondary N) is 1. The van der Waals surface area contributed by atoms with Gasteiger partial charge in [0.05, 0.1) is 11.4 Å². The molecule has 3 heterocycles. The van der Waals surface area contributed by atoms with Gasteiger partial charge in [-0.1, -0.05) is 12.1 Å². The van der Waals surface area contributed by atoms with E-state index in [-0.39, 0.29) is 11.7 Å². The third-order valence-corrected chi connectivity index (χ3v) is 4.20. The van der Waals surface area contributed by atoms with Crippen LogP contribution in [-0.4, -0.2) is 27.4 Å². The second-order valence-electron chi connectivity index (χ2n) is 5.89. The molecule has 0 saturated heterocycles. The molecule has 1 aliphatic rings. The van der Waals surface area contributed by atoms with Crippen molar-refractivity contribution in [3.8, 4) is 11.4 Å². The van der Waals surface area contributed by atoms with E-state index < -0.39 is 0 Å². The third-order valence-electron chi connectivity index (χ3n) is 4.20. The summed E-state index contributed by atoms with van der Waals surface area (Å²) >= 11 is 0. The molecule has 0 atom stereocenters. The first-order valence-electron chi connectivity index (χ1n) is 8.02. The van der Waals surface area contributed by atoms with Gasteiger partial charge < -0.3 is 5.32 Å². The van der Waals surface area contributed by atoms with Crippen molar-refractivity contribution in [3.63, 3.8) is 0 Å². The minimum atomic E-state index is -0.267. The quantitative estimate of drug-likeness (QED) is 0.799. The van der Waals surface area contributed by atoms with Crippen molar-refractivity contribution in [3.05, 3.63) is 77.1 Å². The van der Waals surface area contributed by atoms with Gasteiger partial charge in [0.1, 0.15) is 12.1 Å². The van der Waals surface area contributed by atoms with Crippen LogP contribution in [0.5, 0.6) is 0 Å². The smallest absolute Gasteiger partial charge is 0.251 e. The SMILES string of the molecule is O=C1NCCc2c1ccnc2-c1cc(Cc2cccc(F)c2)ncn1. The topological polar surface area (TPSA) is 67.8 Å². The Morgan fingerprint density at radius 1 is 1.12 bits per heavy atom. The number of fused-ring (bicyclic) bond motifs is 1. The highest BCUT2D eigenvalue weighted by Gasteiger charge is 2.21. The Morgan fingerprint density at radius 3 is 2.92 bits per heavy atom. The van der Waals surface area contributed by atoms with Gasteiger partial charge >= 0.3 is 0 Å². The number of carbonyl (C=O) groups is 1. The number of hydrogen-bond donors (Lipinski definition) is 1. The number of pyridine rings is 1. The molecule has 0 fully saturated rings. The normalized spacial score (nSPS) is 13.2. The largest absolute Gasteiger partial charge is 0.352 e. The number of halogens is 1. The summed E-state index contributed by atoms with van der Waals surface area (Å²) in [5.74, 6) is -0.351. The highest BCUT2D eigenvalue weighted by Crippen LogP contribution is 2.25. The van der Waals surface area contributed by atoms with Crippen LogP contribution >= 0.6 is 0 Å². The van der Waals surface area contributed by atoms with Crippen molar-refractivity contribution in [2.24, 2.45) is 0 Å². The monoisotopic (exact) mass is 334 g/mol. The summed E-state index contributed by atoms with van der Waals surface area (Å²) in [4.78, 5) is 25.0. The fourth-order valence-electron chi connectivity index (χ4n) is 3.06. The van der Waals surface area contributed by atoms with Crippen molar-refractivity contribution >= 4 is 5.91 Å². The first kappa shape index (κ1) is 15.4. The van der Waals surface area contributed by atoms with Crippen LogP contribution in [0.25, 0.3) is 11.4 Å². The molecule has 0 unspecified atom stereocenters. The lowest BCUT2D eigenvalue weighted by Gasteiger charge is -2.18. The minimum absolute atomic E-state index is 0.0843. The molecule has 1 aliphatic heterocycles. The van der Waals surface area contributed by atoms with Crippen molar-refractivity contribution in [2.45, 2.75) is 12.8 Å². The molecule has 4 rings (SSSR count). The fourth-order valence-corrected chi connectivity index (χ4v) is 3.06. The van der Waals surface area contributed by atoms with E-state index in [1.54, 1.807) is 18.3 Å². The first-order valence-corrected chi connectivity index (χ1v) is 8.02. The molecule has 2 aromatic heterocycles. The third kappa shape index (κ3) is 3.10. The average Bonchev–Trinajstić information content (AvgIpc) is 2.62. The van der Waals surface area contributed by atoms with Crippen LogP contribution in [0.1, 0.15) is 27.2 Å². The second kappa shape index (κ2) is 6.39. The van der Waals surface area contributed by atoms with E-state index >= 15 is 0 Å². The Labute approximate surface area is 144 Å². The predicted molar refractivity (Wildman–Crippen MR) is 90.5 cm³/mol. The van der Waals surface area contributed by atoms with E-state index in [0.29, 0.717) is 36.3 Å². The molecule has 5 nitrogen and oxygen atoms in total. The van der Waals surface area contributed by atoms with Crippen LogP contribution < -0.4 is 5.32 Å². The number of aromatic nitrogens is 3. The summed E-state index contributed by atoms with van der Waals surface area (Å²) in [6.45, 7) is 0.589. The van der Waals surface area contributed by atoms with E-state index in [9.17, 15) is 9.18 Å². The molecule has 25 heavy (non-hydrogen) atoms. The van der Waals surface area contributed by atoms with E-state index in [1.165, 1.54) is 18.5 Å². The fraction of sp³-hybridized carbons (Fsp3) is 0.158. The zero-order valence-corrected chi connectivity index (χ0v) is 13.4. The molecule has 0 spiro atoms. The van der Waals surface area contributed by atoms with Gasteiger partial charge in [-0.15, -0.1) is 0 Å². The molecule has 0 aliphatic carbocycles. The maximum Gasteiger partial charge on any atom is 0.251 e. The minimum Gasteiger partial charge on any atom is -0.352 e. The van der Waals surface area contributed by atoms with Crippen molar-refractivity contribution in [1.82, 2.24) is 20.3 Å². The van der Waals surface area contributed by atoms with Gasteiger partial charge in [0.15, 0.2) is 0 Å². The van der Waals surface area contributed by atoms with E-state index in [2.05, 4.69) is 20.3 Å². The van der Waals surface area contributed by atoms with Crippen LogP contribution in [0.3, 0.4) is 0 Å². The van der Waals surface area contributed by atoms with Gasteiger partial charge in [0.25, 0.3) is 5.91 Å². The number of hydrogen-bond acceptors (Lipinski definition) is 4. The van der Waals surface area contributed by atoms with Gasteiger partial charge in [0, 0.05) is 30.4 Å². The Balaban J connectivity index is 1.71. The maximum absolute atomic E-state index is 13.4. The highest BCUT2D eigenvalue weighted by atomic mass is 19.1. The number of rotatable bonds is 3.